The number of halogens is 4. The maximum absolute atomic E-state index is 13.5. The van der Waals surface area contributed by atoms with Gasteiger partial charge in [-0.15, -0.1) is 0 Å². The predicted octanol–water partition coefficient (Wildman–Crippen LogP) is 3.52. The summed E-state index contributed by atoms with van der Waals surface area (Å²) in [5.41, 5.74) is -0.237. The van der Waals surface area contributed by atoms with Crippen LogP contribution in [0.1, 0.15) is 23.2 Å². The normalized spacial score (nSPS) is 16.4. The fourth-order valence-corrected chi connectivity index (χ4v) is 2.50. The molecule has 0 spiro atoms. The molecule has 0 unspecified atom stereocenters. The van der Waals surface area contributed by atoms with E-state index in [4.69, 9.17) is 11.6 Å². The number of hydrogen-bond acceptors (Lipinski definition) is 1. The van der Waals surface area contributed by atoms with Gasteiger partial charge >= 0.3 is 0 Å². The number of rotatable bonds is 4. The summed E-state index contributed by atoms with van der Waals surface area (Å²) in [4.78, 5) is 11.7. The smallest absolute Gasteiger partial charge is 0.254 e. The highest BCUT2D eigenvalue weighted by Gasteiger charge is 2.41. The molecular weight excluding hydrogens is 327 g/mol. The number of carbonyl (C=O) groups excluding carboxylic acids is 1. The van der Waals surface area contributed by atoms with Gasteiger partial charge in [0, 0.05) is 11.9 Å². The van der Waals surface area contributed by atoms with Gasteiger partial charge in [-0.2, -0.15) is 0 Å². The van der Waals surface area contributed by atoms with Crippen molar-refractivity contribution in [2.24, 2.45) is 5.41 Å². The summed E-state index contributed by atoms with van der Waals surface area (Å²) in [6.07, 6.45) is 2.05. The highest BCUT2D eigenvalue weighted by Crippen LogP contribution is 2.46. The summed E-state index contributed by atoms with van der Waals surface area (Å²) in [6.45, 7) is 0.459. The quantitative estimate of drug-likeness (QED) is 0.660. The Morgan fingerprint density at radius 3 is 2.61 bits per heavy atom. The molecule has 98 valence electrons. The molecule has 2 rings (SSSR count). The van der Waals surface area contributed by atoms with Crippen LogP contribution in [0.3, 0.4) is 0 Å². The average molecular weight is 339 g/mol. The summed E-state index contributed by atoms with van der Waals surface area (Å²) in [7, 11) is 0. The first-order valence-electron chi connectivity index (χ1n) is 5.46. The molecule has 0 aromatic heterocycles. The third-order valence-corrected chi connectivity index (χ3v) is 4.60. The molecule has 6 heteroatoms. The van der Waals surface area contributed by atoms with Crippen LogP contribution in [0.4, 0.5) is 8.78 Å². The zero-order valence-electron chi connectivity index (χ0n) is 9.40. The van der Waals surface area contributed by atoms with Crippen molar-refractivity contribution in [2.45, 2.75) is 12.8 Å². The Morgan fingerprint density at radius 1 is 1.39 bits per heavy atom. The van der Waals surface area contributed by atoms with E-state index in [1.807, 2.05) is 0 Å². The van der Waals surface area contributed by atoms with Crippen molar-refractivity contribution < 1.29 is 13.6 Å². The molecule has 1 aromatic carbocycles. The SMILES string of the molecule is O=C(NCC1(CBr)CC1)c1cc(F)c(Cl)cc1F. The molecule has 0 saturated heterocycles. The first kappa shape index (κ1) is 13.7. The van der Waals surface area contributed by atoms with Gasteiger partial charge in [0.2, 0.25) is 0 Å². The van der Waals surface area contributed by atoms with Gasteiger partial charge < -0.3 is 5.32 Å². The molecule has 1 amide bonds. The van der Waals surface area contributed by atoms with E-state index in [1.165, 1.54) is 0 Å². The molecule has 1 saturated carbocycles. The van der Waals surface area contributed by atoms with Crippen LogP contribution in [-0.2, 0) is 0 Å². The molecule has 0 atom stereocenters. The lowest BCUT2D eigenvalue weighted by Gasteiger charge is -2.13. The third kappa shape index (κ3) is 2.83. The zero-order valence-corrected chi connectivity index (χ0v) is 11.7. The van der Waals surface area contributed by atoms with E-state index in [2.05, 4.69) is 21.2 Å². The van der Waals surface area contributed by atoms with Crippen molar-refractivity contribution in [1.29, 1.82) is 0 Å². The van der Waals surface area contributed by atoms with Gasteiger partial charge in [0.15, 0.2) is 0 Å². The second kappa shape index (κ2) is 5.13. The minimum atomic E-state index is -0.817. The number of carbonyl (C=O) groups is 1. The Hall–Kier alpha value is -0.680. The molecule has 0 radical (unpaired) electrons. The van der Waals surface area contributed by atoms with Gasteiger partial charge in [-0.25, -0.2) is 8.78 Å². The fourth-order valence-electron chi connectivity index (χ4n) is 1.59. The topological polar surface area (TPSA) is 29.1 Å². The highest BCUT2D eigenvalue weighted by molar-refractivity contribution is 9.09. The van der Waals surface area contributed by atoms with Crippen molar-refractivity contribution in [3.05, 3.63) is 34.4 Å². The van der Waals surface area contributed by atoms with Gasteiger partial charge in [0.1, 0.15) is 11.6 Å². The molecule has 1 aliphatic rings. The molecular formula is C12H11BrClF2NO. The molecule has 2 nitrogen and oxygen atoms in total. The van der Waals surface area contributed by atoms with Gasteiger partial charge in [-0.3, -0.25) is 4.79 Å². The molecule has 1 fully saturated rings. The molecule has 18 heavy (non-hydrogen) atoms. The maximum atomic E-state index is 13.5. The van der Waals surface area contributed by atoms with Crippen LogP contribution in [0.15, 0.2) is 12.1 Å². The lowest BCUT2D eigenvalue weighted by molar-refractivity contribution is 0.0942. The van der Waals surface area contributed by atoms with Crippen LogP contribution < -0.4 is 5.32 Å². The van der Waals surface area contributed by atoms with Crippen LogP contribution in [-0.4, -0.2) is 17.8 Å². The minimum Gasteiger partial charge on any atom is -0.351 e. The largest absolute Gasteiger partial charge is 0.351 e. The molecule has 1 N–H and O–H groups in total. The Balaban J connectivity index is 2.07. The average Bonchev–Trinajstić information content (AvgIpc) is 3.11. The summed E-state index contributed by atoms with van der Waals surface area (Å²) in [6, 6.07) is 1.63. The molecule has 0 aliphatic heterocycles. The van der Waals surface area contributed by atoms with Crippen LogP contribution in [0.2, 0.25) is 5.02 Å². The van der Waals surface area contributed by atoms with Crippen LogP contribution in [0.25, 0.3) is 0 Å². The Bertz CT molecular complexity index is 491. The molecule has 1 aliphatic carbocycles. The Kier molecular flexibility index (Phi) is 3.92. The first-order chi connectivity index (χ1) is 8.47. The van der Waals surface area contributed by atoms with Crippen LogP contribution in [0, 0.1) is 17.0 Å². The van der Waals surface area contributed by atoms with Gasteiger partial charge in [-0.05, 0) is 30.4 Å². The van der Waals surface area contributed by atoms with Crippen molar-refractivity contribution >= 4 is 33.4 Å². The fraction of sp³-hybridized carbons (Fsp3) is 0.417. The predicted molar refractivity (Wildman–Crippen MR) is 69.2 cm³/mol. The lowest BCUT2D eigenvalue weighted by Crippen LogP contribution is -2.31. The number of benzene rings is 1. The minimum absolute atomic E-state index is 0.0805. The second-order valence-electron chi connectivity index (χ2n) is 4.56. The van der Waals surface area contributed by atoms with E-state index in [1.54, 1.807) is 0 Å². The summed E-state index contributed by atoms with van der Waals surface area (Å²) in [5.74, 6) is -2.23. The second-order valence-corrected chi connectivity index (χ2v) is 5.53. The summed E-state index contributed by atoms with van der Waals surface area (Å²) >= 11 is 8.79. The number of alkyl halides is 1. The zero-order chi connectivity index (χ0) is 13.3. The Labute approximate surface area is 117 Å². The van der Waals surface area contributed by atoms with Crippen LogP contribution in [0.5, 0.6) is 0 Å². The van der Waals surface area contributed by atoms with Crippen molar-refractivity contribution in [3.8, 4) is 0 Å². The van der Waals surface area contributed by atoms with E-state index >= 15 is 0 Å². The standard InChI is InChI=1S/C12H11BrClF2NO/c13-5-12(1-2-12)6-17-11(18)7-3-10(16)8(14)4-9(7)15/h3-4H,1-2,5-6H2,(H,17,18). The molecule has 0 bridgehead atoms. The van der Waals surface area contributed by atoms with E-state index < -0.39 is 17.5 Å². The molecule has 0 heterocycles. The Morgan fingerprint density at radius 2 is 2.06 bits per heavy atom. The first-order valence-corrected chi connectivity index (χ1v) is 6.96. The van der Waals surface area contributed by atoms with Crippen molar-refractivity contribution in [1.82, 2.24) is 5.32 Å². The monoisotopic (exact) mass is 337 g/mol. The van der Waals surface area contributed by atoms with E-state index in [9.17, 15) is 13.6 Å². The van der Waals surface area contributed by atoms with Crippen LogP contribution >= 0.6 is 27.5 Å². The van der Waals surface area contributed by atoms with Gasteiger partial charge in [-0.1, -0.05) is 27.5 Å². The number of hydrogen-bond donors (Lipinski definition) is 1. The van der Waals surface area contributed by atoms with Gasteiger partial charge in [0.25, 0.3) is 5.91 Å². The van der Waals surface area contributed by atoms with E-state index in [-0.39, 0.29) is 16.0 Å². The van der Waals surface area contributed by atoms with E-state index in [0.717, 1.165) is 30.3 Å². The molecule has 1 aromatic rings. The van der Waals surface area contributed by atoms with Crippen molar-refractivity contribution in [2.75, 3.05) is 11.9 Å². The van der Waals surface area contributed by atoms with E-state index in [0.29, 0.717) is 6.54 Å². The summed E-state index contributed by atoms with van der Waals surface area (Å²) < 4.78 is 26.7. The summed E-state index contributed by atoms with van der Waals surface area (Å²) in [5, 5.41) is 3.08. The van der Waals surface area contributed by atoms with Crippen molar-refractivity contribution in [3.63, 3.8) is 0 Å². The number of nitrogens with one attached hydrogen (secondary N) is 1. The highest BCUT2D eigenvalue weighted by atomic mass is 79.9. The maximum Gasteiger partial charge on any atom is 0.254 e. The third-order valence-electron chi connectivity index (χ3n) is 3.12. The van der Waals surface area contributed by atoms with Gasteiger partial charge in [0.05, 0.1) is 10.6 Å². The lowest BCUT2D eigenvalue weighted by atomic mass is 10.1. The number of amides is 1.